The van der Waals surface area contributed by atoms with Crippen LogP contribution in [-0.4, -0.2) is 12.1 Å². The lowest BCUT2D eigenvalue weighted by Crippen LogP contribution is -2.17. The summed E-state index contributed by atoms with van der Waals surface area (Å²) in [6.07, 6.45) is 7.31. The second-order valence-electron chi connectivity index (χ2n) is 5.95. The van der Waals surface area contributed by atoms with Crippen LogP contribution in [0.3, 0.4) is 0 Å². The summed E-state index contributed by atoms with van der Waals surface area (Å²) in [6.45, 7) is 2.23. The average molecular weight is 322 g/mol. The van der Waals surface area contributed by atoms with Crippen LogP contribution in [0.2, 0.25) is 0 Å². The van der Waals surface area contributed by atoms with E-state index in [9.17, 15) is 4.79 Å². The van der Waals surface area contributed by atoms with Crippen LogP contribution in [0.5, 0.6) is 0 Å². The Morgan fingerprint density at radius 1 is 1.04 bits per heavy atom. The molecule has 0 fully saturated rings. The molecule has 0 saturated heterocycles. The molecular formula is C21H26N2O. The zero-order chi connectivity index (χ0) is 17.0. The van der Waals surface area contributed by atoms with E-state index in [4.69, 9.17) is 0 Å². The first-order valence-electron chi connectivity index (χ1n) is 8.73. The number of nitrogens with zero attached hydrogens (tertiary/aromatic N) is 1. The summed E-state index contributed by atoms with van der Waals surface area (Å²) in [5.41, 5.74) is 4.63. The van der Waals surface area contributed by atoms with Crippen molar-refractivity contribution in [2.75, 3.05) is 0 Å². The van der Waals surface area contributed by atoms with E-state index < -0.39 is 0 Å². The molecule has 1 N–H and O–H groups in total. The van der Waals surface area contributed by atoms with Gasteiger partial charge in [0.05, 0.1) is 0 Å². The third-order valence-corrected chi connectivity index (χ3v) is 4.09. The molecular weight excluding hydrogens is 296 g/mol. The molecule has 0 aliphatic rings. The molecule has 1 atom stereocenters. The molecule has 0 spiro atoms. The van der Waals surface area contributed by atoms with E-state index in [1.807, 2.05) is 18.2 Å². The van der Waals surface area contributed by atoms with Gasteiger partial charge >= 0.3 is 0 Å². The summed E-state index contributed by atoms with van der Waals surface area (Å²) in [6, 6.07) is 19.8. The van der Waals surface area contributed by atoms with Crippen molar-refractivity contribution < 1.29 is 4.79 Å². The van der Waals surface area contributed by atoms with Crippen molar-refractivity contribution in [3.63, 3.8) is 0 Å². The van der Waals surface area contributed by atoms with Crippen molar-refractivity contribution in [2.24, 2.45) is 5.10 Å². The molecule has 1 unspecified atom stereocenters. The minimum absolute atomic E-state index is 0.167. The molecule has 3 nitrogen and oxygen atoms in total. The molecule has 0 saturated carbocycles. The van der Waals surface area contributed by atoms with Gasteiger partial charge in [-0.1, -0.05) is 61.9 Å². The van der Waals surface area contributed by atoms with Crippen molar-refractivity contribution in [1.29, 1.82) is 0 Å². The molecule has 2 aromatic carbocycles. The smallest absolute Gasteiger partial charge is 0.267 e. The average Bonchev–Trinajstić information content (AvgIpc) is 2.65. The Kier molecular flexibility index (Phi) is 7.75. The van der Waals surface area contributed by atoms with Crippen LogP contribution in [0, 0.1) is 0 Å². The van der Waals surface area contributed by atoms with Gasteiger partial charge in [0.2, 0.25) is 0 Å². The Balaban J connectivity index is 1.72. The van der Waals surface area contributed by atoms with Crippen LogP contribution in [-0.2, 0) is 0 Å². The number of amides is 1. The van der Waals surface area contributed by atoms with Gasteiger partial charge in [-0.05, 0) is 49.3 Å². The molecule has 0 heterocycles. The maximum Gasteiger partial charge on any atom is 0.271 e. The van der Waals surface area contributed by atoms with Crippen LogP contribution >= 0.6 is 0 Å². The Morgan fingerprint density at radius 3 is 2.38 bits per heavy atom. The van der Waals surface area contributed by atoms with Gasteiger partial charge in [0, 0.05) is 11.8 Å². The molecule has 2 rings (SSSR count). The van der Waals surface area contributed by atoms with Crippen molar-refractivity contribution in [2.45, 2.75) is 44.9 Å². The van der Waals surface area contributed by atoms with Gasteiger partial charge in [-0.25, -0.2) is 5.43 Å². The molecule has 1 amide bonds. The largest absolute Gasteiger partial charge is 0.271 e. The van der Waals surface area contributed by atoms with Gasteiger partial charge in [-0.15, -0.1) is 0 Å². The SMILES string of the molecule is CCCC(CCC/C=N\NC(=O)c1ccccc1)c1ccccc1. The van der Waals surface area contributed by atoms with Crippen molar-refractivity contribution in [1.82, 2.24) is 5.43 Å². The fourth-order valence-electron chi connectivity index (χ4n) is 2.83. The van der Waals surface area contributed by atoms with E-state index in [0.29, 0.717) is 11.5 Å². The fourth-order valence-corrected chi connectivity index (χ4v) is 2.83. The normalized spacial score (nSPS) is 12.2. The highest BCUT2D eigenvalue weighted by Crippen LogP contribution is 2.26. The third kappa shape index (κ3) is 5.99. The molecule has 0 aromatic heterocycles. The monoisotopic (exact) mass is 322 g/mol. The summed E-state index contributed by atoms with van der Waals surface area (Å²) in [7, 11) is 0. The zero-order valence-corrected chi connectivity index (χ0v) is 14.3. The van der Waals surface area contributed by atoms with E-state index in [-0.39, 0.29) is 5.91 Å². The molecule has 0 aliphatic heterocycles. The van der Waals surface area contributed by atoms with Crippen LogP contribution in [0.4, 0.5) is 0 Å². The van der Waals surface area contributed by atoms with E-state index in [1.165, 1.54) is 18.4 Å². The van der Waals surface area contributed by atoms with Gasteiger partial charge in [0.15, 0.2) is 0 Å². The number of rotatable bonds is 9. The number of nitrogens with one attached hydrogen (secondary N) is 1. The van der Waals surface area contributed by atoms with Crippen molar-refractivity contribution in [3.05, 3.63) is 71.8 Å². The second-order valence-corrected chi connectivity index (χ2v) is 5.95. The Hall–Kier alpha value is -2.42. The quantitative estimate of drug-likeness (QED) is 0.387. The highest BCUT2D eigenvalue weighted by molar-refractivity contribution is 5.94. The highest BCUT2D eigenvalue weighted by Gasteiger charge is 2.09. The zero-order valence-electron chi connectivity index (χ0n) is 14.3. The first kappa shape index (κ1) is 17.9. The first-order chi connectivity index (χ1) is 11.8. The molecule has 0 bridgehead atoms. The van der Waals surface area contributed by atoms with Crippen molar-refractivity contribution >= 4 is 12.1 Å². The number of unbranched alkanes of at least 4 members (excludes halogenated alkanes) is 1. The van der Waals surface area contributed by atoms with Crippen LogP contribution in [0.25, 0.3) is 0 Å². The Labute approximate surface area is 144 Å². The number of carbonyl (C=O) groups excluding carboxylic acids is 1. The lowest BCUT2D eigenvalue weighted by Gasteiger charge is -2.15. The minimum Gasteiger partial charge on any atom is -0.267 e. The number of carbonyl (C=O) groups is 1. The molecule has 2 aromatic rings. The molecule has 126 valence electrons. The van der Waals surface area contributed by atoms with E-state index in [2.05, 4.69) is 47.8 Å². The number of benzene rings is 2. The van der Waals surface area contributed by atoms with Gasteiger partial charge in [0.25, 0.3) is 5.91 Å². The highest BCUT2D eigenvalue weighted by atomic mass is 16.2. The maximum absolute atomic E-state index is 11.8. The second kappa shape index (κ2) is 10.4. The van der Waals surface area contributed by atoms with E-state index >= 15 is 0 Å². The minimum atomic E-state index is -0.167. The van der Waals surface area contributed by atoms with Crippen molar-refractivity contribution in [3.8, 4) is 0 Å². The summed E-state index contributed by atoms with van der Waals surface area (Å²) in [5.74, 6) is 0.448. The van der Waals surface area contributed by atoms with E-state index in [0.717, 1.165) is 19.3 Å². The van der Waals surface area contributed by atoms with Crippen LogP contribution in [0.1, 0.15) is 60.9 Å². The first-order valence-corrected chi connectivity index (χ1v) is 8.73. The van der Waals surface area contributed by atoms with Crippen LogP contribution < -0.4 is 5.43 Å². The molecule has 3 heteroatoms. The van der Waals surface area contributed by atoms with E-state index in [1.54, 1.807) is 18.3 Å². The Morgan fingerprint density at radius 2 is 1.71 bits per heavy atom. The topological polar surface area (TPSA) is 41.5 Å². The number of hydrogen-bond donors (Lipinski definition) is 1. The van der Waals surface area contributed by atoms with Gasteiger partial charge in [-0.2, -0.15) is 5.10 Å². The molecule has 0 radical (unpaired) electrons. The summed E-state index contributed by atoms with van der Waals surface area (Å²) < 4.78 is 0. The predicted molar refractivity (Wildman–Crippen MR) is 100 cm³/mol. The number of hydrazone groups is 1. The summed E-state index contributed by atoms with van der Waals surface area (Å²) >= 11 is 0. The third-order valence-electron chi connectivity index (χ3n) is 4.09. The van der Waals surface area contributed by atoms with Crippen LogP contribution in [0.15, 0.2) is 65.8 Å². The maximum atomic E-state index is 11.8. The van der Waals surface area contributed by atoms with Gasteiger partial charge < -0.3 is 0 Å². The lowest BCUT2D eigenvalue weighted by atomic mass is 9.90. The fraction of sp³-hybridized carbons (Fsp3) is 0.333. The lowest BCUT2D eigenvalue weighted by molar-refractivity contribution is 0.0955. The predicted octanol–water partition coefficient (Wildman–Crippen LogP) is 5.16. The standard InChI is InChI=1S/C21H26N2O/c1-2-11-18(19-12-5-3-6-13-19)14-9-10-17-22-23-21(24)20-15-7-4-8-16-20/h3-8,12-13,15-18H,2,9-11,14H2,1H3,(H,23,24)/b22-17-. The molecule has 24 heavy (non-hydrogen) atoms. The van der Waals surface area contributed by atoms with Gasteiger partial charge in [0.1, 0.15) is 0 Å². The summed E-state index contributed by atoms with van der Waals surface area (Å²) in [4.78, 5) is 11.8. The molecule has 0 aliphatic carbocycles. The summed E-state index contributed by atoms with van der Waals surface area (Å²) in [5, 5.41) is 4.04. The Bertz CT molecular complexity index is 623. The number of hydrogen-bond acceptors (Lipinski definition) is 2. The van der Waals surface area contributed by atoms with Gasteiger partial charge in [-0.3, -0.25) is 4.79 Å².